The molecule has 0 aromatic heterocycles. The van der Waals surface area contributed by atoms with Crippen molar-refractivity contribution in [2.24, 2.45) is 11.7 Å². The average Bonchev–Trinajstić information content (AvgIpc) is 2.94. The lowest BCUT2D eigenvalue weighted by atomic mass is 10.1. The Balaban J connectivity index is 0.00000132. The number of piperazine rings is 1. The minimum absolute atomic E-state index is 0. The van der Waals surface area contributed by atoms with E-state index in [1.807, 2.05) is 29.2 Å². The third kappa shape index (κ3) is 4.66. The fraction of sp³-hybridized carbons (Fsp3) is 0.562. The van der Waals surface area contributed by atoms with Gasteiger partial charge in [-0.3, -0.25) is 4.79 Å². The Labute approximate surface area is 155 Å². The maximum atomic E-state index is 12.5. The monoisotopic (exact) mass is 379 g/mol. The molecule has 0 spiro atoms. The summed E-state index contributed by atoms with van der Waals surface area (Å²) >= 11 is 6.24. The van der Waals surface area contributed by atoms with Gasteiger partial charge in [-0.1, -0.05) is 23.7 Å². The number of carbonyl (C=O) groups is 1. The molecule has 2 atom stereocenters. The van der Waals surface area contributed by atoms with E-state index in [0.717, 1.165) is 56.2 Å². The number of rotatable bonds is 2. The zero-order valence-electron chi connectivity index (χ0n) is 13.0. The van der Waals surface area contributed by atoms with E-state index in [-0.39, 0.29) is 36.8 Å². The van der Waals surface area contributed by atoms with Gasteiger partial charge in [-0.2, -0.15) is 0 Å². The molecule has 1 amide bonds. The molecule has 7 heteroatoms. The minimum Gasteiger partial charge on any atom is -0.367 e. The molecule has 0 radical (unpaired) electrons. The number of nitrogens with two attached hydrogens (primary N) is 1. The molecule has 3 rings (SSSR count). The van der Waals surface area contributed by atoms with Gasteiger partial charge in [-0.15, -0.1) is 24.8 Å². The summed E-state index contributed by atoms with van der Waals surface area (Å²) in [5, 5.41) is 0.777. The van der Waals surface area contributed by atoms with E-state index in [0.29, 0.717) is 5.91 Å². The molecule has 1 saturated heterocycles. The van der Waals surface area contributed by atoms with Crippen LogP contribution in [0.15, 0.2) is 24.3 Å². The van der Waals surface area contributed by atoms with E-state index >= 15 is 0 Å². The summed E-state index contributed by atoms with van der Waals surface area (Å²) in [6, 6.07) is 8.10. The molecule has 2 aliphatic rings. The largest absolute Gasteiger partial charge is 0.367 e. The lowest BCUT2D eigenvalue weighted by molar-refractivity contribution is -0.135. The Hall–Kier alpha value is -0.680. The molecule has 0 bridgehead atoms. The first-order valence-corrected chi connectivity index (χ1v) is 8.07. The second-order valence-electron chi connectivity index (χ2n) is 6.03. The summed E-state index contributed by atoms with van der Waals surface area (Å²) in [6.07, 6.45) is 2.78. The third-order valence-corrected chi connectivity index (χ3v) is 4.93. The average molecular weight is 381 g/mol. The Morgan fingerprint density at radius 1 is 1.09 bits per heavy atom. The van der Waals surface area contributed by atoms with E-state index in [1.165, 1.54) is 0 Å². The van der Waals surface area contributed by atoms with Crippen LogP contribution in [0.3, 0.4) is 0 Å². The molecule has 130 valence electrons. The fourth-order valence-electron chi connectivity index (χ4n) is 3.37. The maximum Gasteiger partial charge on any atom is 0.225 e. The number of benzene rings is 1. The van der Waals surface area contributed by atoms with Crippen molar-refractivity contribution in [2.75, 3.05) is 31.1 Å². The molecule has 23 heavy (non-hydrogen) atoms. The van der Waals surface area contributed by atoms with Gasteiger partial charge in [0.25, 0.3) is 0 Å². The first-order valence-electron chi connectivity index (χ1n) is 7.69. The summed E-state index contributed by atoms with van der Waals surface area (Å²) in [6.45, 7) is 3.23. The van der Waals surface area contributed by atoms with Crippen LogP contribution < -0.4 is 10.6 Å². The summed E-state index contributed by atoms with van der Waals surface area (Å²) in [7, 11) is 0. The normalized spacial score (nSPS) is 23.9. The highest BCUT2D eigenvalue weighted by atomic mass is 35.5. The highest BCUT2D eigenvalue weighted by molar-refractivity contribution is 6.33. The van der Waals surface area contributed by atoms with E-state index < -0.39 is 0 Å². The van der Waals surface area contributed by atoms with Crippen LogP contribution in [0, 0.1) is 5.92 Å². The van der Waals surface area contributed by atoms with E-state index in [1.54, 1.807) is 0 Å². The van der Waals surface area contributed by atoms with Crippen LogP contribution >= 0.6 is 36.4 Å². The summed E-state index contributed by atoms with van der Waals surface area (Å²) in [4.78, 5) is 16.7. The lowest BCUT2D eigenvalue weighted by Crippen LogP contribution is -2.50. The Morgan fingerprint density at radius 2 is 1.74 bits per heavy atom. The van der Waals surface area contributed by atoms with Crippen LogP contribution in [0.1, 0.15) is 19.3 Å². The SMILES string of the molecule is Cl.Cl.NC1CCC(C(=O)N2CCN(c3ccccc3Cl)CC2)C1. The van der Waals surface area contributed by atoms with Gasteiger partial charge in [0, 0.05) is 38.1 Å². The van der Waals surface area contributed by atoms with E-state index in [9.17, 15) is 4.79 Å². The molecule has 1 saturated carbocycles. The van der Waals surface area contributed by atoms with Crippen molar-refractivity contribution in [3.8, 4) is 0 Å². The third-order valence-electron chi connectivity index (χ3n) is 4.61. The van der Waals surface area contributed by atoms with Gasteiger partial charge in [0.15, 0.2) is 0 Å². The van der Waals surface area contributed by atoms with Crippen LogP contribution in [0.25, 0.3) is 0 Å². The second-order valence-corrected chi connectivity index (χ2v) is 6.44. The van der Waals surface area contributed by atoms with Crippen LogP contribution in [-0.4, -0.2) is 43.0 Å². The molecule has 4 nitrogen and oxygen atoms in total. The minimum atomic E-state index is 0. The van der Waals surface area contributed by atoms with Gasteiger partial charge in [0.05, 0.1) is 10.7 Å². The number of hydrogen-bond donors (Lipinski definition) is 1. The molecule has 2 N–H and O–H groups in total. The molecule has 2 unspecified atom stereocenters. The Morgan fingerprint density at radius 3 is 2.30 bits per heavy atom. The van der Waals surface area contributed by atoms with E-state index in [4.69, 9.17) is 17.3 Å². The summed E-state index contributed by atoms with van der Waals surface area (Å²) < 4.78 is 0. The number of anilines is 1. The van der Waals surface area contributed by atoms with Crippen molar-refractivity contribution in [2.45, 2.75) is 25.3 Å². The van der Waals surface area contributed by atoms with Crippen LogP contribution in [0.4, 0.5) is 5.69 Å². The standard InChI is InChI=1S/C16H22ClN3O.2ClH/c17-14-3-1-2-4-15(14)19-7-9-20(10-8-19)16(21)12-5-6-13(18)11-12;;/h1-4,12-13H,5-11,18H2;2*1H. The van der Waals surface area contributed by atoms with Gasteiger partial charge in [0.2, 0.25) is 5.91 Å². The van der Waals surface area contributed by atoms with Crippen LogP contribution in [0.2, 0.25) is 5.02 Å². The Kier molecular flexibility index (Phi) is 7.95. The molecule has 1 heterocycles. The number of carbonyl (C=O) groups excluding carboxylic acids is 1. The number of para-hydroxylation sites is 1. The van der Waals surface area contributed by atoms with Gasteiger partial charge in [-0.05, 0) is 31.4 Å². The topological polar surface area (TPSA) is 49.6 Å². The molecule has 1 aromatic carbocycles. The predicted molar refractivity (Wildman–Crippen MR) is 100 cm³/mol. The van der Waals surface area contributed by atoms with Gasteiger partial charge < -0.3 is 15.5 Å². The van der Waals surface area contributed by atoms with Gasteiger partial charge >= 0.3 is 0 Å². The van der Waals surface area contributed by atoms with E-state index in [2.05, 4.69) is 4.90 Å². The molecule has 1 aliphatic carbocycles. The smallest absolute Gasteiger partial charge is 0.225 e. The summed E-state index contributed by atoms with van der Waals surface area (Å²) in [5.41, 5.74) is 6.98. The number of hydrogen-bond acceptors (Lipinski definition) is 3. The second kappa shape index (κ2) is 8.97. The number of nitrogens with zero attached hydrogens (tertiary/aromatic N) is 2. The van der Waals surface area contributed by atoms with Gasteiger partial charge in [0.1, 0.15) is 0 Å². The molecule has 2 fully saturated rings. The zero-order chi connectivity index (χ0) is 14.8. The molecular formula is C16H24Cl3N3O. The number of halogens is 3. The number of amides is 1. The summed E-state index contributed by atoms with van der Waals surface area (Å²) in [5.74, 6) is 0.439. The van der Waals surface area contributed by atoms with Crippen molar-refractivity contribution >= 4 is 48.0 Å². The molecular weight excluding hydrogens is 357 g/mol. The highest BCUT2D eigenvalue weighted by Gasteiger charge is 2.32. The Bertz CT molecular complexity index is 521. The van der Waals surface area contributed by atoms with Crippen molar-refractivity contribution in [1.29, 1.82) is 0 Å². The molecule has 1 aliphatic heterocycles. The first kappa shape index (κ1) is 20.4. The highest BCUT2D eigenvalue weighted by Crippen LogP contribution is 2.28. The van der Waals surface area contributed by atoms with Crippen LogP contribution in [-0.2, 0) is 4.79 Å². The zero-order valence-corrected chi connectivity index (χ0v) is 15.4. The first-order chi connectivity index (χ1) is 10.1. The van der Waals surface area contributed by atoms with Crippen molar-refractivity contribution in [1.82, 2.24) is 4.90 Å². The van der Waals surface area contributed by atoms with Crippen molar-refractivity contribution in [3.05, 3.63) is 29.3 Å². The predicted octanol–water partition coefficient (Wildman–Crippen LogP) is 2.96. The maximum absolute atomic E-state index is 12.5. The van der Waals surface area contributed by atoms with Crippen molar-refractivity contribution in [3.63, 3.8) is 0 Å². The fourth-order valence-corrected chi connectivity index (χ4v) is 3.63. The lowest BCUT2D eigenvalue weighted by Gasteiger charge is -2.37. The quantitative estimate of drug-likeness (QED) is 0.858. The molecule has 1 aromatic rings. The van der Waals surface area contributed by atoms with Crippen LogP contribution in [0.5, 0.6) is 0 Å². The van der Waals surface area contributed by atoms with Gasteiger partial charge in [-0.25, -0.2) is 0 Å². The van der Waals surface area contributed by atoms with Crippen molar-refractivity contribution < 1.29 is 4.79 Å².